The highest BCUT2D eigenvalue weighted by molar-refractivity contribution is 6.42. The molecule has 2 N–H and O–H groups in total. The van der Waals surface area contributed by atoms with Crippen LogP contribution in [0.25, 0.3) is 0 Å². The number of halogens is 3. The van der Waals surface area contributed by atoms with Gasteiger partial charge in [-0.1, -0.05) is 46.9 Å². The van der Waals surface area contributed by atoms with Gasteiger partial charge in [-0.2, -0.15) is 0 Å². The zero-order valence-electron chi connectivity index (χ0n) is 11.0. The van der Waals surface area contributed by atoms with Gasteiger partial charge in [-0.3, -0.25) is 0 Å². The van der Waals surface area contributed by atoms with Crippen molar-refractivity contribution in [2.75, 3.05) is 5.32 Å². The van der Waals surface area contributed by atoms with Crippen molar-refractivity contribution < 1.29 is 9.90 Å². The van der Waals surface area contributed by atoms with Crippen LogP contribution < -0.4 is 5.32 Å². The summed E-state index contributed by atoms with van der Waals surface area (Å²) >= 11 is 18.0. The Bertz CT molecular complexity index is 689. The lowest BCUT2D eigenvalue weighted by molar-refractivity contribution is 0.0697. The van der Waals surface area contributed by atoms with Crippen LogP contribution in [0, 0.1) is 0 Å². The number of hydrogen-bond donors (Lipinski definition) is 2. The maximum atomic E-state index is 11.1. The van der Waals surface area contributed by atoms with Gasteiger partial charge < -0.3 is 10.4 Å². The van der Waals surface area contributed by atoms with E-state index in [1.165, 1.54) is 6.07 Å². The predicted octanol–water partition coefficient (Wildman–Crippen LogP) is 5.52. The lowest BCUT2D eigenvalue weighted by atomic mass is 10.1. The Kier molecular flexibility index (Phi) is 4.99. The molecule has 0 bridgehead atoms. The summed E-state index contributed by atoms with van der Waals surface area (Å²) in [4.78, 5) is 11.1. The maximum Gasteiger partial charge on any atom is 0.337 e. The molecule has 0 aromatic heterocycles. The summed E-state index contributed by atoms with van der Waals surface area (Å²) in [5.74, 6) is -1.07. The Morgan fingerprint density at radius 3 is 2.52 bits per heavy atom. The van der Waals surface area contributed by atoms with E-state index in [2.05, 4.69) is 5.32 Å². The number of nitrogens with one attached hydrogen (secondary N) is 1. The fourth-order valence-corrected chi connectivity index (χ4v) is 2.63. The lowest BCUT2D eigenvalue weighted by Crippen LogP contribution is -2.08. The highest BCUT2D eigenvalue weighted by Gasteiger charge is 2.14. The molecule has 0 heterocycles. The summed E-state index contributed by atoms with van der Waals surface area (Å²) in [5, 5.41) is 13.4. The molecular weight excluding hydrogens is 333 g/mol. The zero-order chi connectivity index (χ0) is 15.6. The van der Waals surface area contributed by atoms with Crippen molar-refractivity contribution in [3.8, 4) is 0 Å². The minimum Gasteiger partial charge on any atom is -0.478 e. The number of carboxylic acids is 1. The van der Waals surface area contributed by atoms with Crippen LogP contribution in [0.5, 0.6) is 0 Å². The first-order valence-corrected chi connectivity index (χ1v) is 7.27. The van der Waals surface area contributed by atoms with E-state index in [1.807, 2.05) is 19.1 Å². The Hall–Kier alpha value is -1.42. The molecule has 2 aromatic rings. The normalized spacial score (nSPS) is 12.0. The second kappa shape index (κ2) is 6.56. The number of hydrogen-bond acceptors (Lipinski definition) is 2. The number of anilines is 1. The largest absolute Gasteiger partial charge is 0.478 e. The van der Waals surface area contributed by atoms with Gasteiger partial charge in [0.1, 0.15) is 0 Å². The monoisotopic (exact) mass is 343 g/mol. The van der Waals surface area contributed by atoms with Crippen molar-refractivity contribution in [1.29, 1.82) is 0 Å². The van der Waals surface area contributed by atoms with Crippen LogP contribution >= 0.6 is 34.8 Å². The fraction of sp³-hybridized carbons (Fsp3) is 0.133. The number of benzene rings is 2. The standard InChI is InChI=1S/C15H12Cl3NO2/c1-8(10-3-2-4-13(17)14(10)18)19-9-5-6-12(16)11(7-9)15(20)21/h2-8,19H,1H3,(H,20,21). The van der Waals surface area contributed by atoms with Crippen molar-refractivity contribution in [1.82, 2.24) is 0 Å². The molecule has 0 aliphatic heterocycles. The van der Waals surface area contributed by atoms with Gasteiger partial charge in [0.25, 0.3) is 0 Å². The lowest BCUT2D eigenvalue weighted by Gasteiger charge is -2.18. The van der Waals surface area contributed by atoms with Crippen molar-refractivity contribution >= 4 is 46.5 Å². The van der Waals surface area contributed by atoms with E-state index >= 15 is 0 Å². The third kappa shape index (κ3) is 3.62. The summed E-state index contributed by atoms with van der Waals surface area (Å²) in [5.41, 5.74) is 1.52. The van der Waals surface area contributed by atoms with Gasteiger partial charge in [0.2, 0.25) is 0 Å². The molecule has 1 atom stereocenters. The Morgan fingerprint density at radius 1 is 1.14 bits per heavy atom. The van der Waals surface area contributed by atoms with Crippen LogP contribution in [-0.2, 0) is 0 Å². The number of carboxylic acid groups (broad SMARTS) is 1. The molecule has 1 unspecified atom stereocenters. The van der Waals surface area contributed by atoms with Gasteiger partial charge in [0.15, 0.2) is 0 Å². The van der Waals surface area contributed by atoms with Crippen LogP contribution in [-0.4, -0.2) is 11.1 Å². The molecule has 110 valence electrons. The SMILES string of the molecule is CC(Nc1ccc(Cl)c(C(=O)O)c1)c1cccc(Cl)c1Cl. The third-order valence-electron chi connectivity index (χ3n) is 3.03. The summed E-state index contributed by atoms with van der Waals surface area (Å²) in [6.07, 6.45) is 0. The van der Waals surface area contributed by atoms with Crippen LogP contribution in [0.2, 0.25) is 15.1 Å². The van der Waals surface area contributed by atoms with Crippen LogP contribution in [0.3, 0.4) is 0 Å². The second-order valence-corrected chi connectivity index (χ2v) is 5.70. The van der Waals surface area contributed by atoms with Crippen molar-refractivity contribution in [3.63, 3.8) is 0 Å². The first-order valence-electron chi connectivity index (χ1n) is 6.13. The average molecular weight is 345 g/mol. The molecular formula is C15H12Cl3NO2. The van der Waals surface area contributed by atoms with E-state index in [1.54, 1.807) is 18.2 Å². The molecule has 0 aliphatic carbocycles. The number of carbonyl (C=O) groups is 1. The van der Waals surface area contributed by atoms with Gasteiger partial charge in [0.05, 0.1) is 26.7 Å². The maximum absolute atomic E-state index is 11.1. The second-order valence-electron chi connectivity index (χ2n) is 4.51. The van der Waals surface area contributed by atoms with Crippen molar-refractivity contribution in [3.05, 3.63) is 62.6 Å². The third-order valence-corrected chi connectivity index (χ3v) is 4.19. The van der Waals surface area contributed by atoms with E-state index in [-0.39, 0.29) is 16.6 Å². The van der Waals surface area contributed by atoms with Gasteiger partial charge in [-0.25, -0.2) is 4.79 Å². The van der Waals surface area contributed by atoms with E-state index in [4.69, 9.17) is 39.9 Å². The van der Waals surface area contributed by atoms with Crippen LogP contribution in [0.15, 0.2) is 36.4 Å². The molecule has 0 saturated heterocycles. The summed E-state index contributed by atoms with van der Waals surface area (Å²) in [6.45, 7) is 1.91. The summed E-state index contributed by atoms with van der Waals surface area (Å²) in [7, 11) is 0. The van der Waals surface area contributed by atoms with E-state index in [0.29, 0.717) is 15.7 Å². The smallest absolute Gasteiger partial charge is 0.337 e. The molecule has 3 nitrogen and oxygen atoms in total. The first kappa shape index (κ1) is 16.0. The van der Waals surface area contributed by atoms with Gasteiger partial charge in [-0.05, 0) is 36.8 Å². The zero-order valence-corrected chi connectivity index (χ0v) is 13.3. The Morgan fingerprint density at radius 2 is 1.86 bits per heavy atom. The molecule has 0 radical (unpaired) electrons. The molecule has 2 aromatic carbocycles. The minimum absolute atomic E-state index is 0.0473. The molecule has 21 heavy (non-hydrogen) atoms. The molecule has 6 heteroatoms. The topological polar surface area (TPSA) is 49.3 Å². The fourth-order valence-electron chi connectivity index (χ4n) is 1.96. The summed E-state index contributed by atoms with van der Waals surface area (Å²) in [6, 6.07) is 9.99. The van der Waals surface area contributed by atoms with Crippen LogP contribution in [0.4, 0.5) is 5.69 Å². The minimum atomic E-state index is -1.07. The molecule has 0 amide bonds. The Balaban J connectivity index is 2.27. The first-order chi connectivity index (χ1) is 9.90. The number of aromatic carboxylic acids is 1. The van der Waals surface area contributed by atoms with Crippen LogP contribution in [0.1, 0.15) is 28.9 Å². The summed E-state index contributed by atoms with van der Waals surface area (Å²) < 4.78 is 0. The van der Waals surface area contributed by atoms with Crippen molar-refractivity contribution in [2.24, 2.45) is 0 Å². The van der Waals surface area contributed by atoms with Gasteiger partial charge in [0, 0.05) is 5.69 Å². The quantitative estimate of drug-likeness (QED) is 0.768. The van der Waals surface area contributed by atoms with E-state index in [0.717, 1.165) is 5.56 Å². The molecule has 0 spiro atoms. The number of rotatable bonds is 4. The predicted molar refractivity (Wildman–Crippen MR) is 86.9 cm³/mol. The van der Waals surface area contributed by atoms with Gasteiger partial charge in [-0.15, -0.1) is 0 Å². The van der Waals surface area contributed by atoms with E-state index < -0.39 is 5.97 Å². The molecule has 2 rings (SSSR count). The van der Waals surface area contributed by atoms with E-state index in [9.17, 15) is 4.79 Å². The van der Waals surface area contributed by atoms with Crippen molar-refractivity contribution in [2.45, 2.75) is 13.0 Å². The molecule has 0 fully saturated rings. The molecule has 0 aliphatic rings. The van der Waals surface area contributed by atoms with Gasteiger partial charge >= 0.3 is 5.97 Å². The highest BCUT2D eigenvalue weighted by atomic mass is 35.5. The highest BCUT2D eigenvalue weighted by Crippen LogP contribution is 2.32. The Labute approximate surface area is 137 Å². The average Bonchev–Trinajstić information content (AvgIpc) is 2.43. The molecule has 0 saturated carbocycles.